The number of hydrogen-bond donors (Lipinski definition) is 1. The second kappa shape index (κ2) is 5.96. The van der Waals surface area contributed by atoms with Gasteiger partial charge in [-0.3, -0.25) is 9.78 Å². The van der Waals surface area contributed by atoms with Gasteiger partial charge < -0.3 is 9.64 Å². The Morgan fingerprint density at radius 2 is 2.21 bits per heavy atom. The monoisotopic (exact) mass is 439 g/mol. The molecule has 4 heterocycles. The fraction of sp³-hybridized carbons (Fsp3) is 0.467. The summed E-state index contributed by atoms with van der Waals surface area (Å²) < 4.78 is 8.25. The normalized spacial score (nSPS) is 18.5. The molecule has 0 aromatic carbocycles. The molecule has 4 rings (SSSR count). The first-order chi connectivity index (χ1) is 11.6. The second-order valence-corrected chi connectivity index (χ2v) is 7.05. The Morgan fingerprint density at radius 1 is 1.38 bits per heavy atom. The molecule has 1 fully saturated rings. The van der Waals surface area contributed by atoms with E-state index in [1.807, 2.05) is 18.7 Å². The van der Waals surface area contributed by atoms with Crippen LogP contribution in [0.2, 0.25) is 0 Å². The molecule has 1 N–H and O–H groups in total. The minimum atomic E-state index is 0.251. The van der Waals surface area contributed by atoms with E-state index < -0.39 is 0 Å². The van der Waals surface area contributed by atoms with Crippen molar-refractivity contribution < 1.29 is 4.74 Å². The lowest BCUT2D eigenvalue weighted by atomic mass is 10.2. The zero-order valence-corrected chi connectivity index (χ0v) is 15.9. The van der Waals surface area contributed by atoms with E-state index in [1.165, 1.54) is 0 Å². The number of ether oxygens (including phenoxy) is 1. The first kappa shape index (κ1) is 15.8. The third kappa shape index (κ3) is 2.46. The highest BCUT2D eigenvalue weighted by atomic mass is 127. The zero-order chi connectivity index (χ0) is 16.8. The molecule has 0 bridgehead atoms. The van der Waals surface area contributed by atoms with Gasteiger partial charge in [0.1, 0.15) is 20.4 Å². The number of fused-ring (bicyclic) bond motifs is 1. The Balaban J connectivity index is 1.92. The highest BCUT2D eigenvalue weighted by Gasteiger charge is 2.25. The van der Waals surface area contributed by atoms with Crippen LogP contribution in [0, 0.1) is 10.6 Å². The highest BCUT2D eigenvalue weighted by molar-refractivity contribution is 14.1. The van der Waals surface area contributed by atoms with Gasteiger partial charge in [-0.1, -0.05) is 0 Å². The molecule has 24 heavy (non-hydrogen) atoms. The average molecular weight is 439 g/mol. The lowest BCUT2D eigenvalue weighted by molar-refractivity contribution is 0.0981. The molecule has 0 radical (unpaired) electrons. The molecular weight excluding hydrogens is 421 g/mol. The molecule has 0 aliphatic carbocycles. The van der Waals surface area contributed by atoms with E-state index in [-0.39, 0.29) is 6.04 Å². The molecule has 8 nitrogen and oxygen atoms in total. The number of morpholine rings is 1. The summed E-state index contributed by atoms with van der Waals surface area (Å²) in [5, 5.41) is 11.8. The van der Waals surface area contributed by atoms with E-state index in [1.54, 1.807) is 6.20 Å². The fourth-order valence-electron chi connectivity index (χ4n) is 3.02. The van der Waals surface area contributed by atoms with Crippen LogP contribution in [0.25, 0.3) is 22.4 Å². The lowest BCUT2D eigenvalue weighted by Crippen LogP contribution is -2.44. The van der Waals surface area contributed by atoms with Gasteiger partial charge in [-0.25, -0.2) is 9.97 Å². The van der Waals surface area contributed by atoms with Crippen LogP contribution >= 0.6 is 22.6 Å². The lowest BCUT2D eigenvalue weighted by Gasteiger charge is -2.33. The Morgan fingerprint density at radius 3 is 2.92 bits per heavy atom. The van der Waals surface area contributed by atoms with Crippen molar-refractivity contribution in [1.82, 2.24) is 29.9 Å². The molecule has 0 spiro atoms. The number of hydrogen-bond acceptors (Lipinski definition) is 6. The Bertz CT molecular complexity index is 903. The summed E-state index contributed by atoms with van der Waals surface area (Å²) in [6.45, 7) is 6.32. The Kier molecular flexibility index (Phi) is 3.91. The predicted molar refractivity (Wildman–Crippen MR) is 99.0 cm³/mol. The summed E-state index contributed by atoms with van der Waals surface area (Å²) in [7, 11) is 1.92. The van der Waals surface area contributed by atoms with Crippen LogP contribution < -0.4 is 4.90 Å². The maximum absolute atomic E-state index is 5.52. The van der Waals surface area contributed by atoms with Crippen LogP contribution in [-0.4, -0.2) is 55.7 Å². The van der Waals surface area contributed by atoms with Crippen molar-refractivity contribution in [3.05, 3.63) is 15.5 Å². The van der Waals surface area contributed by atoms with Crippen molar-refractivity contribution in [1.29, 1.82) is 0 Å². The molecule has 1 atom stereocenters. The summed E-state index contributed by atoms with van der Waals surface area (Å²) in [5.74, 6) is 0.731. The molecule has 1 saturated heterocycles. The maximum atomic E-state index is 5.52. The number of aromatic amines is 1. The van der Waals surface area contributed by atoms with Gasteiger partial charge >= 0.3 is 0 Å². The number of aromatic nitrogens is 6. The molecule has 126 valence electrons. The van der Waals surface area contributed by atoms with Crippen molar-refractivity contribution in [2.45, 2.75) is 19.9 Å². The second-order valence-electron chi connectivity index (χ2n) is 6.03. The quantitative estimate of drug-likeness (QED) is 0.485. The molecule has 9 heteroatoms. The molecular formula is C15H18IN7O. The summed E-state index contributed by atoms with van der Waals surface area (Å²) in [4.78, 5) is 11.8. The smallest absolute Gasteiger partial charge is 0.227 e. The van der Waals surface area contributed by atoms with Crippen LogP contribution in [0.15, 0.2) is 6.20 Å². The van der Waals surface area contributed by atoms with Crippen molar-refractivity contribution in [3.63, 3.8) is 0 Å². The Hall–Kier alpha value is -1.75. The van der Waals surface area contributed by atoms with E-state index in [4.69, 9.17) is 14.7 Å². The number of aryl methyl sites for hydroxylation is 2. The molecule has 3 aromatic rings. The number of nitrogens with zero attached hydrogens (tertiary/aromatic N) is 6. The topological polar surface area (TPSA) is 84.8 Å². The van der Waals surface area contributed by atoms with Crippen molar-refractivity contribution in [2.75, 3.05) is 24.7 Å². The highest BCUT2D eigenvalue weighted by Crippen LogP contribution is 2.30. The predicted octanol–water partition coefficient (Wildman–Crippen LogP) is 1.89. The van der Waals surface area contributed by atoms with Gasteiger partial charge in [0.2, 0.25) is 5.95 Å². The Labute approximate surface area is 152 Å². The van der Waals surface area contributed by atoms with E-state index in [0.29, 0.717) is 13.2 Å². The van der Waals surface area contributed by atoms with Crippen LogP contribution in [0.4, 0.5) is 5.95 Å². The molecule has 0 unspecified atom stereocenters. The summed E-state index contributed by atoms with van der Waals surface area (Å²) in [6.07, 6.45) is 1.80. The molecule has 1 aliphatic heterocycles. The standard InChI is InChI=1S/C15H18IN7O/c1-8-6-17-20-10(8)11-12-13(22(3)21-11)14(16)19-15(18-12)23-4-5-24-7-9(23)2/h6,9H,4-5,7H2,1-3H3,(H,17,20)/t9-/m1/s1. The van der Waals surface area contributed by atoms with Gasteiger partial charge in [-0.05, 0) is 42.0 Å². The average Bonchev–Trinajstić information content (AvgIpc) is 3.11. The van der Waals surface area contributed by atoms with Crippen LogP contribution in [0.5, 0.6) is 0 Å². The summed E-state index contributed by atoms with van der Waals surface area (Å²) in [5.41, 5.74) is 4.54. The minimum Gasteiger partial charge on any atom is -0.377 e. The van der Waals surface area contributed by atoms with Crippen molar-refractivity contribution in [2.24, 2.45) is 7.05 Å². The van der Waals surface area contributed by atoms with E-state index in [2.05, 4.69) is 49.7 Å². The third-order valence-corrected chi connectivity index (χ3v) is 5.07. The number of anilines is 1. The van der Waals surface area contributed by atoms with Crippen molar-refractivity contribution in [3.8, 4) is 11.4 Å². The van der Waals surface area contributed by atoms with E-state index in [0.717, 1.165) is 44.2 Å². The van der Waals surface area contributed by atoms with E-state index in [9.17, 15) is 0 Å². The van der Waals surface area contributed by atoms with Gasteiger partial charge in [0.25, 0.3) is 0 Å². The van der Waals surface area contributed by atoms with Crippen LogP contribution in [0.1, 0.15) is 12.5 Å². The van der Waals surface area contributed by atoms with Gasteiger partial charge in [0.15, 0.2) is 0 Å². The summed E-state index contributed by atoms with van der Waals surface area (Å²) in [6, 6.07) is 0.251. The fourth-order valence-corrected chi connectivity index (χ4v) is 3.84. The van der Waals surface area contributed by atoms with Crippen molar-refractivity contribution >= 4 is 39.6 Å². The zero-order valence-electron chi connectivity index (χ0n) is 13.7. The maximum Gasteiger partial charge on any atom is 0.227 e. The molecule has 0 amide bonds. The minimum absolute atomic E-state index is 0.251. The number of halogens is 1. The molecule has 1 aliphatic rings. The number of nitrogens with one attached hydrogen (secondary N) is 1. The summed E-state index contributed by atoms with van der Waals surface area (Å²) >= 11 is 2.26. The molecule has 3 aromatic heterocycles. The third-order valence-electron chi connectivity index (χ3n) is 4.32. The number of rotatable bonds is 2. The van der Waals surface area contributed by atoms with Crippen LogP contribution in [0.3, 0.4) is 0 Å². The van der Waals surface area contributed by atoms with E-state index >= 15 is 0 Å². The first-order valence-electron chi connectivity index (χ1n) is 7.81. The first-order valence-corrected chi connectivity index (χ1v) is 8.89. The number of H-pyrrole nitrogens is 1. The van der Waals surface area contributed by atoms with Gasteiger partial charge in [0, 0.05) is 13.6 Å². The van der Waals surface area contributed by atoms with Gasteiger partial charge in [-0.15, -0.1) is 0 Å². The SMILES string of the molecule is Cc1cn[nH]c1-c1nn(C)c2c(I)nc(N3CCOC[C@H]3C)nc12. The van der Waals surface area contributed by atoms with Gasteiger partial charge in [-0.2, -0.15) is 10.2 Å². The largest absolute Gasteiger partial charge is 0.377 e. The van der Waals surface area contributed by atoms with Gasteiger partial charge in [0.05, 0.1) is 31.1 Å². The van der Waals surface area contributed by atoms with Crippen LogP contribution in [-0.2, 0) is 11.8 Å². The molecule has 0 saturated carbocycles.